The molecule has 0 atom stereocenters. The van der Waals surface area contributed by atoms with Gasteiger partial charge >= 0.3 is 0 Å². The quantitative estimate of drug-likeness (QED) is 0.838. The molecule has 1 amide bonds. The molecule has 0 radical (unpaired) electrons. The Balaban J connectivity index is 1.88. The molecular formula is C14H14N2O3S. The third-order valence-electron chi connectivity index (χ3n) is 3.31. The zero-order valence-corrected chi connectivity index (χ0v) is 11.6. The van der Waals surface area contributed by atoms with Crippen LogP contribution >= 0.6 is 0 Å². The lowest BCUT2D eigenvalue weighted by atomic mass is 10.2. The summed E-state index contributed by atoms with van der Waals surface area (Å²) >= 11 is 0. The van der Waals surface area contributed by atoms with E-state index in [4.69, 9.17) is 0 Å². The number of hydrogen-bond donors (Lipinski definition) is 0. The summed E-state index contributed by atoms with van der Waals surface area (Å²) in [5, 5.41) is 0. The van der Waals surface area contributed by atoms with E-state index in [2.05, 4.69) is 0 Å². The zero-order valence-electron chi connectivity index (χ0n) is 10.8. The van der Waals surface area contributed by atoms with Crippen LogP contribution in [0.25, 0.3) is 5.69 Å². The van der Waals surface area contributed by atoms with Crippen molar-refractivity contribution in [3.63, 3.8) is 0 Å². The standard InChI is InChI=1S/C14H14N2O3S/c17-14(16-8-9-20(18,19)11-16)12-4-3-5-13(10-12)15-6-1-2-7-15/h1-7,10H,8-9,11H2. The van der Waals surface area contributed by atoms with E-state index in [1.165, 1.54) is 4.90 Å². The molecule has 2 aromatic rings. The van der Waals surface area contributed by atoms with Gasteiger partial charge in [-0.1, -0.05) is 6.07 Å². The molecular weight excluding hydrogens is 276 g/mol. The molecule has 1 aliphatic rings. The molecule has 5 nitrogen and oxygen atoms in total. The van der Waals surface area contributed by atoms with Gasteiger partial charge in [0, 0.05) is 30.2 Å². The van der Waals surface area contributed by atoms with Crippen molar-refractivity contribution in [2.45, 2.75) is 0 Å². The van der Waals surface area contributed by atoms with Crippen molar-refractivity contribution in [2.75, 3.05) is 18.2 Å². The Morgan fingerprint density at radius 2 is 1.85 bits per heavy atom. The highest BCUT2D eigenvalue weighted by molar-refractivity contribution is 7.91. The second kappa shape index (κ2) is 4.79. The maximum absolute atomic E-state index is 12.3. The van der Waals surface area contributed by atoms with Crippen LogP contribution < -0.4 is 0 Å². The summed E-state index contributed by atoms with van der Waals surface area (Å²) < 4.78 is 24.8. The molecule has 0 saturated carbocycles. The zero-order chi connectivity index (χ0) is 14.2. The minimum absolute atomic E-state index is 0.0516. The fourth-order valence-electron chi connectivity index (χ4n) is 2.26. The highest BCUT2D eigenvalue weighted by Crippen LogP contribution is 2.16. The molecule has 2 heterocycles. The van der Waals surface area contributed by atoms with Gasteiger partial charge in [-0.25, -0.2) is 8.42 Å². The van der Waals surface area contributed by atoms with E-state index in [1.54, 1.807) is 18.2 Å². The molecule has 0 unspecified atom stereocenters. The van der Waals surface area contributed by atoms with Crippen molar-refractivity contribution in [1.29, 1.82) is 0 Å². The van der Waals surface area contributed by atoms with Gasteiger partial charge in [0.15, 0.2) is 9.84 Å². The summed E-state index contributed by atoms with van der Waals surface area (Å²) in [6.07, 6.45) is 3.79. The second-order valence-electron chi connectivity index (χ2n) is 4.79. The number of hydrogen-bond acceptors (Lipinski definition) is 3. The topological polar surface area (TPSA) is 59.4 Å². The predicted octanol–water partition coefficient (Wildman–Crippen LogP) is 1.31. The lowest BCUT2D eigenvalue weighted by Crippen LogP contribution is -2.28. The van der Waals surface area contributed by atoms with E-state index in [1.807, 2.05) is 35.2 Å². The molecule has 1 aromatic heterocycles. The predicted molar refractivity (Wildman–Crippen MR) is 75.5 cm³/mol. The Morgan fingerprint density at radius 1 is 1.10 bits per heavy atom. The van der Waals surface area contributed by atoms with Gasteiger partial charge < -0.3 is 9.47 Å². The van der Waals surface area contributed by atoms with Crippen LogP contribution in [0.4, 0.5) is 0 Å². The molecule has 0 aliphatic carbocycles. The van der Waals surface area contributed by atoms with Crippen LogP contribution in [0.2, 0.25) is 0 Å². The number of sulfone groups is 1. The molecule has 1 saturated heterocycles. The van der Waals surface area contributed by atoms with Gasteiger partial charge in [-0.05, 0) is 30.3 Å². The van der Waals surface area contributed by atoms with Gasteiger partial charge in [0.1, 0.15) is 5.88 Å². The van der Waals surface area contributed by atoms with Crippen molar-refractivity contribution in [3.8, 4) is 5.69 Å². The second-order valence-corrected chi connectivity index (χ2v) is 6.94. The normalized spacial score (nSPS) is 17.3. The minimum Gasteiger partial charge on any atom is -0.324 e. The molecule has 1 aromatic carbocycles. The highest BCUT2D eigenvalue weighted by atomic mass is 32.2. The number of nitrogens with zero attached hydrogens (tertiary/aromatic N) is 2. The molecule has 1 aliphatic heterocycles. The van der Waals surface area contributed by atoms with Crippen molar-refractivity contribution >= 4 is 15.7 Å². The first-order valence-electron chi connectivity index (χ1n) is 6.28. The van der Waals surface area contributed by atoms with Crippen LogP contribution in [0.1, 0.15) is 10.4 Å². The summed E-state index contributed by atoms with van der Waals surface area (Å²) in [6, 6.07) is 11.0. The van der Waals surface area contributed by atoms with Crippen LogP contribution in [-0.2, 0) is 9.84 Å². The van der Waals surface area contributed by atoms with E-state index < -0.39 is 9.84 Å². The number of amides is 1. The lowest BCUT2D eigenvalue weighted by Gasteiger charge is -2.14. The van der Waals surface area contributed by atoms with Gasteiger partial charge in [0.2, 0.25) is 0 Å². The van der Waals surface area contributed by atoms with E-state index in [-0.39, 0.29) is 24.1 Å². The minimum atomic E-state index is -3.10. The third-order valence-corrected chi connectivity index (χ3v) is 4.82. The first-order chi connectivity index (χ1) is 9.55. The number of carbonyl (C=O) groups excluding carboxylic acids is 1. The van der Waals surface area contributed by atoms with Crippen LogP contribution in [0, 0.1) is 0 Å². The Hall–Kier alpha value is -2.08. The Morgan fingerprint density at radius 3 is 2.50 bits per heavy atom. The number of benzene rings is 1. The van der Waals surface area contributed by atoms with Gasteiger partial charge in [0.05, 0.1) is 5.75 Å². The lowest BCUT2D eigenvalue weighted by molar-refractivity contribution is 0.0801. The van der Waals surface area contributed by atoms with E-state index in [0.29, 0.717) is 5.56 Å². The summed E-state index contributed by atoms with van der Waals surface area (Å²) in [6.45, 7) is 0.273. The SMILES string of the molecule is O=C(c1cccc(-n2cccc2)c1)N1CCS(=O)(=O)C1. The first-order valence-corrected chi connectivity index (χ1v) is 8.10. The largest absolute Gasteiger partial charge is 0.324 e. The molecule has 3 rings (SSSR count). The molecule has 1 fully saturated rings. The fourth-order valence-corrected chi connectivity index (χ4v) is 3.61. The molecule has 104 valence electrons. The average molecular weight is 290 g/mol. The van der Waals surface area contributed by atoms with Gasteiger partial charge in [-0.3, -0.25) is 4.79 Å². The van der Waals surface area contributed by atoms with E-state index in [9.17, 15) is 13.2 Å². The van der Waals surface area contributed by atoms with Gasteiger partial charge in [-0.15, -0.1) is 0 Å². The third kappa shape index (κ3) is 2.46. The summed E-state index contributed by atoms with van der Waals surface area (Å²) in [5.41, 5.74) is 1.39. The summed E-state index contributed by atoms with van der Waals surface area (Å²) in [4.78, 5) is 13.7. The van der Waals surface area contributed by atoms with Gasteiger partial charge in [-0.2, -0.15) is 0 Å². The fraction of sp³-hybridized carbons (Fsp3) is 0.214. The smallest absolute Gasteiger partial charge is 0.254 e. The van der Waals surface area contributed by atoms with Crippen molar-refractivity contribution in [3.05, 3.63) is 54.4 Å². The Labute approximate surface area is 117 Å². The molecule has 0 N–H and O–H groups in total. The average Bonchev–Trinajstić information content (AvgIpc) is 3.07. The maximum atomic E-state index is 12.3. The molecule has 0 bridgehead atoms. The molecule has 0 spiro atoms. The van der Waals surface area contributed by atoms with Crippen molar-refractivity contribution < 1.29 is 13.2 Å². The van der Waals surface area contributed by atoms with Crippen LogP contribution in [0.5, 0.6) is 0 Å². The summed E-state index contributed by atoms with van der Waals surface area (Å²) in [7, 11) is -3.10. The number of carbonyl (C=O) groups is 1. The van der Waals surface area contributed by atoms with Gasteiger partial charge in [0.25, 0.3) is 5.91 Å². The van der Waals surface area contributed by atoms with Crippen molar-refractivity contribution in [2.24, 2.45) is 0 Å². The number of aromatic nitrogens is 1. The Bertz CT molecular complexity index is 736. The van der Waals surface area contributed by atoms with Crippen molar-refractivity contribution in [1.82, 2.24) is 9.47 Å². The van der Waals surface area contributed by atoms with E-state index >= 15 is 0 Å². The molecule has 6 heteroatoms. The van der Waals surface area contributed by atoms with Crippen LogP contribution in [0.15, 0.2) is 48.8 Å². The number of rotatable bonds is 2. The van der Waals surface area contributed by atoms with E-state index in [0.717, 1.165) is 5.69 Å². The van der Waals surface area contributed by atoms with Crippen LogP contribution in [0.3, 0.4) is 0 Å². The molecule has 20 heavy (non-hydrogen) atoms. The summed E-state index contributed by atoms with van der Waals surface area (Å²) in [5.74, 6) is -0.365. The highest BCUT2D eigenvalue weighted by Gasteiger charge is 2.29. The monoisotopic (exact) mass is 290 g/mol. The first kappa shape index (κ1) is 12.9. The Kier molecular flexibility index (Phi) is 3.10. The van der Waals surface area contributed by atoms with Crippen LogP contribution in [-0.4, -0.2) is 42.0 Å². The maximum Gasteiger partial charge on any atom is 0.254 e.